The van der Waals surface area contributed by atoms with Gasteiger partial charge in [0.1, 0.15) is 17.0 Å². The van der Waals surface area contributed by atoms with Crippen molar-refractivity contribution in [1.29, 1.82) is 0 Å². The zero-order chi connectivity index (χ0) is 27.8. The van der Waals surface area contributed by atoms with Crippen molar-refractivity contribution in [2.45, 2.75) is 25.7 Å². The Hall–Kier alpha value is -5.12. The molecule has 2 aromatic carbocycles. The minimum Gasteiger partial charge on any atom is -0.355 e. The van der Waals surface area contributed by atoms with Crippen LogP contribution in [0.3, 0.4) is 0 Å². The minimum atomic E-state index is -0.427. The van der Waals surface area contributed by atoms with Gasteiger partial charge >= 0.3 is 0 Å². The molecule has 1 aliphatic rings. The number of halogens is 1. The highest BCUT2D eigenvalue weighted by molar-refractivity contribution is 5.97. The first-order chi connectivity index (χ1) is 20.1. The van der Waals surface area contributed by atoms with Crippen LogP contribution in [-0.2, 0) is 11.2 Å². The second kappa shape index (κ2) is 10.5. The molecule has 1 saturated heterocycles. The first kappa shape index (κ1) is 24.9. The molecule has 0 spiro atoms. The molecule has 7 rings (SSSR count). The van der Waals surface area contributed by atoms with Crippen LogP contribution in [0.4, 0.5) is 15.9 Å². The number of amides is 1. The first-order valence-corrected chi connectivity index (χ1v) is 13.7. The number of aromatic amines is 2. The number of hydrogen-bond donors (Lipinski definition) is 3. The van der Waals surface area contributed by atoms with Crippen LogP contribution in [0.1, 0.15) is 24.8 Å². The normalized spacial score (nSPS) is 13.6. The molecule has 41 heavy (non-hydrogen) atoms. The van der Waals surface area contributed by atoms with Crippen LogP contribution < -0.4 is 10.2 Å². The van der Waals surface area contributed by atoms with Crippen LogP contribution in [-0.4, -0.2) is 49.1 Å². The molecule has 10 heteroatoms. The van der Waals surface area contributed by atoms with Crippen molar-refractivity contribution in [3.8, 4) is 22.6 Å². The van der Waals surface area contributed by atoms with E-state index in [1.165, 1.54) is 12.5 Å². The smallest absolute Gasteiger partial charge is 0.228 e. The third kappa shape index (κ3) is 4.88. The molecular formula is C31H27FN8O. The molecule has 204 valence electrons. The summed E-state index contributed by atoms with van der Waals surface area (Å²) in [4.78, 5) is 32.0. The van der Waals surface area contributed by atoms with Gasteiger partial charge in [0.05, 0.1) is 29.3 Å². The monoisotopic (exact) mass is 546 g/mol. The largest absolute Gasteiger partial charge is 0.355 e. The molecule has 0 aliphatic carbocycles. The van der Waals surface area contributed by atoms with E-state index in [9.17, 15) is 4.79 Å². The summed E-state index contributed by atoms with van der Waals surface area (Å²) in [7, 11) is 0. The third-order valence-electron chi connectivity index (χ3n) is 7.45. The first-order valence-electron chi connectivity index (χ1n) is 13.7. The lowest BCUT2D eigenvalue weighted by Crippen LogP contribution is -2.30. The van der Waals surface area contributed by atoms with Crippen molar-refractivity contribution in [2.24, 2.45) is 0 Å². The van der Waals surface area contributed by atoms with Crippen molar-refractivity contribution in [3.63, 3.8) is 0 Å². The van der Waals surface area contributed by atoms with Gasteiger partial charge in [-0.05, 0) is 43.0 Å². The number of imidazole rings is 1. The zero-order valence-corrected chi connectivity index (χ0v) is 22.2. The lowest BCUT2D eigenvalue weighted by molar-refractivity contribution is -0.115. The Morgan fingerprint density at radius 3 is 2.71 bits per heavy atom. The van der Waals surface area contributed by atoms with Gasteiger partial charge in [0, 0.05) is 48.1 Å². The fraction of sp³-hybridized carbons (Fsp3) is 0.194. The molecular weight excluding hydrogens is 519 g/mol. The van der Waals surface area contributed by atoms with E-state index < -0.39 is 5.82 Å². The number of nitrogens with zero attached hydrogens (tertiary/aromatic N) is 5. The van der Waals surface area contributed by atoms with Gasteiger partial charge in [0.15, 0.2) is 11.6 Å². The minimum absolute atomic E-state index is 0.175. The van der Waals surface area contributed by atoms with Gasteiger partial charge in [0.2, 0.25) is 5.91 Å². The third-order valence-corrected chi connectivity index (χ3v) is 7.45. The molecule has 6 aromatic rings. The van der Waals surface area contributed by atoms with E-state index in [4.69, 9.17) is 4.98 Å². The molecule has 0 atom stereocenters. The number of carbonyl (C=O) groups is 1. The lowest BCUT2D eigenvalue weighted by Gasteiger charge is -2.27. The number of hydrogen-bond acceptors (Lipinski definition) is 6. The summed E-state index contributed by atoms with van der Waals surface area (Å²) < 4.78 is 15.3. The highest BCUT2D eigenvalue weighted by Crippen LogP contribution is 2.34. The molecule has 4 aromatic heterocycles. The zero-order valence-electron chi connectivity index (χ0n) is 22.2. The summed E-state index contributed by atoms with van der Waals surface area (Å²) in [5.74, 6) is 0.846. The fourth-order valence-electron chi connectivity index (χ4n) is 5.45. The highest BCUT2D eigenvalue weighted by Gasteiger charge is 2.21. The molecule has 0 radical (unpaired) electrons. The predicted octanol–water partition coefficient (Wildman–Crippen LogP) is 5.87. The van der Waals surface area contributed by atoms with Crippen LogP contribution in [0, 0.1) is 5.82 Å². The van der Waals surface area contributed by atoms with E-state index in [0.717, 1.165) is 48.3 Å². The molecule has 0 unspecified atom stereocenters. The lowest BCUT2D eigenvalue weighted by atomic mass is 10.0. The van der Waals surface area contributed by atoms with Gasteiger partial charge in [-0.1, -0.05) is 30.3 Å². The topological polar surface area (TPSA) is 115 Å². The Bertz CT molecular complexity index is 1870. The van der Waals surface area contributed by atoms with Gasteiger partial charge in [0.25, 0.3) is 0 Å². The van der Waals surface area contributed by atoms with Crippen LogP contribution in [0.5, 0.6) is 0 Å². The van der Waals surface area contributed by atoms with E-state index in [1.807, 2.05) is 36.4 Å². The maximum Gasteiger partial charge on any atom is 0.228 e. The Balaban J connectivity index is 1.21. The number of carbonyl (C=O) groups excluding carboxylic acids is 1. The van der Waals surface area contributed by atoms with Crippen molar-refractivity contribution < 1.29 is 9.18 Å². The van der Waals surface area contributed by atoms with E-state index >= 15 is 4.39 Å². The van der Waals surface area contributed by atoms with Crippen molar-refractivity contribution >= 4 is 39.3 Å². The average Bonchev–Trinajstić information content (AvgIpc) is 3.61. The number of H-pyrrole nitrogens is 2. The number of fused-ring (bicyclic) bond motifs is 2. The second-order valence-electron chi connectivity index (χ2n) is 10.3. The standard InChI is InChI=1S/C31H27FN8O/c32-24-16-26-23(15-22(24)20-14-21(18-33-17-20)35-27(41)13-19-7-3-1-4-8-19)28(39-38-26)30-36-25-9-10-34-31(29(25)37-30)40-11-5-2-6-12-40/h1,3-4,7-10,14-18H,2,5-6,11-13H2,(H,35,41)(H,36,37)(H,38,39). The van der Waals surface area contributed by atoms with Gasteiger partial charge in [-0.15, -0.1) is 0 Å². The van der Waals surface area contributed by atoms with Gasteiger partial charge < -0.3 is 15.2 Å². The molecule has 1 fully saturated rings. The number of aromatic nitrogens is 6. The molecule has 1 amide bonds. The quantitative estimate of drug-likeness (QED) is 0.241. The van der Waals surface area contributed by atoms with Crippen molar-refractivity contribution in [1.82, 2.24) is 30.1 Å². The summed E-state index contributed by atoms with van der Waals surface area (Å²) >= 11 is 0. The number of piperidine rings is 1. The van der Waals surface area contributed by atoms with Gasteiger partial charge in [-0.2, -0.15) is 5.10 Å². The van der Waals surface area contributed by atoms with Crippen LogP contribution >= 0.6 is 0 Å². The number of rotatable bonds is 6. The summed E-state index contributed by atoms with van der Waals surface area (Å²) in [6, 6.07) is 16.3. The SMILES string of the molecule is O=C(Cc1ccccc1)Nc1cncc(-c2cc3c(-c4nc5c(N6CCCCC6)nccc5[nH]4)n[nH]c3cc2F)c1. The maximum absolute atomic E-state index is 15.3. The summed E-state index contributed by atoms with van der Waals surface area (Å²) in [6.07, 6.45) is 8.66. The van der Waals surface area contributed by atoms with E-state index in [2.05, 4.69) is 35.4 Å². The maximum atomic E-state index is 15.3. The highest BCUT2D eigenvalue weighted by atomic mass is 19.1. The molecule has 3 N–H and O–H groups in total. The Labute approximate surface area is 234 Å². The van der Waals surface area contributed by atoms with Crippen molar-refractivity contribution in [2.75, 3.05) is 23.3 Å². The number of pyridine rings is 2. The molecule has 1 aliphatic heterocycles. The molecule has 0 bridgehead atoms. The fourth-order valence-corrected chi connectivity index (χ4v) is 5.45. The Morgan fingerprint density at radius 1 is 1.00 bits per heavy atom. The number of benzene rings is 2. The van der Waals surface area contributed by atoms with Crippen LogP contribution in [0.25, 0.3) is 44.6 Å². The summed E-state index contributed by atoms with van der Waals surface area (Å²) in [5, 5.41) is 11.0. The molecule has 9 nitrogen and oxygen atoms in total. The molecule has 5 heterocycles. The predicted molar refractivity (Wildman–Crippen MR) is 157 cm³/mol. The van der Waals surface area contributed by atoms with Gasteiger partial charge in [-0.3, -0.25) is 14.9 Å². The summed E-state index contributed by atoms with van der Waals surface area (Å²) in [6.45, 7) is 1.92. The Morgan fingerprint density at radius 2 is 1.85 bits per heavy atom. The summed E-state index contributed by atoms with van der Waals surface area (Å²) in [5.41, 5.74) is 5.09. The molecule has 0 saturated carbocycles. The Kier molecular flexibility index (Phi) is 6.35. The number of anilines is 2. The van der Waals surface area contributed by atoms with E-state index in [1.54, 1.807) is 30.7 Å². The van der Waals surface area contributed by atoms with E-state index in [-0.39, 0.29) is 12.3 Å². The number of nitrogens with one attached hydrogen (secondary N) is 3. The van der Waals surface area contributed by atoms with Crippen LogP contribution in [0.15, 0.2) is 73.2 Å². The average molecular weight is 547 g/mol. The van der Waals surface area contributed by atoms with Crippen LogP contribution in [0.2, 0.25) is 0 Å². The van der Waals surface area contributed by atoms with Gasteiger partial charge in [-0.25, -0.2) is 14.4 Å². The van der Waals surface area contributed by atoms with E-state index in [0.29, 0.717) is 39.2 Å². The van der Waals surface area contributed by atoms with Crippen molar-refractivity contribution in [3.05, 3.63) is 84.6 Å². The second-order valence-corrected chi connectivity index (χ2v) is 10.3.